The van der Waals surface area contributed by atoms with E-state index in [4.69, 9.17) is 25.8 Å². The minimum absolute atomic E-state index is 0.178. The third kappa shape index (κ3) is 2.92. The molecule has 1 aromatic carbocycles. The lowest BCUT2D eigenvalue weighted by Crippen LogP contribution is -2.08. The zero-order chi connectivity index (χ0) is 14.1. The van der Waals surface area contributed by atoms with Crippen LogP contribution < -0.4 is 9.47 Å². The van der Waals surface area contributed by atoms with E-state index in [-0.39, 0.29) is 4.83 Å². The lowest BCUT2D eigenvalue weighted by atomic mass is 9.96. The quantitative estimate of drug-likeness (QED) is 0.732. The molecule has 0 amide bonds. The number of alkyl halides is 1. The normalized spacial score (nSPS) is 27.1. The molecule has 0 radical (unpaired) electrons. The van der Waals surface area contributed by atoms with Gasteiger partial charge in [0.1, 0.15) is 0 Å². The predicted octanol–water partition coefficient (Wildman–Crippen LogP) is 4.36. The summed E-state index contributed by atoms with van der Waals surface area (Å²) in [6, 6.07) is 3.87. The highest BCUT2D eigenvalue weighted by Gasteiger charge is 2.31. The fourth-order valence-electron chi connectivity index (χ4n) is 2.72. The fraction of sp³-hybridized carbons (Fsp3) is 0.600. The van der Waals surface area contributed by atoms with Gasteiger partial charge in [-0.1, -0.05) is 27.5 Å². The third-order valence-electron chi connectivity index (χ3n) is 3.81. The number of halogens is 2. The molecule has 1 saturated heterocycles. The third-order valence-corrected chi connectivity index (χ3v) is 5.38. The molecule has 3 rings (SSSR count). The average molecular weight is 362 g/mol. The van der Waals surface area contributed by atoms with Gasteiger partial charge in [-0.15, -0.1) is 0 Å². The molecule has 0 saturated carbocycles. The van der Waals surface area contributed by atoms with Crippen LogP contribution in [0.15, 0.2) is 12.1 Å². The van der Waals surface area contributed by atoms with Gasteiger partial charge in [-0.3, -0.25) is 0 Å². The van der Waals surface area contributed by atoms with E-state index in [1.807, 2.05) is 12.1 Å². The van der Waals surface area contributed by atoms with Gasteiger partial charge in [0.05, 0.1) is 25.9 Å². The topological polar surface area (TPSA) is 27.7 Å². The molecule has 0 N–H and O–H groups in total. The van der Waals surface area contributed by atoms with Gasteiger partial charge in [0.25, 0.3) is 0 Å². The average Bonchev–Trinajstić information content (AvgIpc) is 2.73. The van der Waals surface area contributed by atoms with Gasteiger partial charge in [-0.2, -0.15) is 0 Å². The zero-order valence-electron chi connectivity index (χ0n) is 11.4. The van der Waals surface area contributed by atoms with E-state index in [9.17, 15) is 0 Å². The highest BCUT2D eigenvalue weighted by molar-refractivity contribution is 9.09. The minimum Gasteiger partial charge on any atom is -0.490 e. The lowest BCUT2D eigenvalue weighted by Gasteiger charge is -2.19. The van der Waals surface area contributed by atoms with Crippen LogP contribution in [0.4, 0.5) is 0 Å². The summed E-state index contributed by atoms with van der Waals surface area (Å²) >= 11 is 10.2. The monoisotopic (exact) mass is 360 g/mol. The molecule has 2 heterocycles. The van der Waals surface area contributed by atoms with E-state index in [2.05, 4.69) is 22.9 Å². The van der Waals surface area contributed by atoms with Crippen LogP contribution in [-0.2, 0) is 4.74 Å². The Labute approximate surface area is 132 Å². The van der Waals surface area contributed by atoms with Crippen LogP contribution in [0, 0.1) is 5.92 Å². The van der Waals surface area contributed by atoms with Gasteiger partial charge in [0.15, 0.2) is 11.5 Å². The number of ether oxygens (including phenoxy) is 3. The smallest absolute Gasteiger partial charge is 0.162 e. The van der Waals surface area contributed by atoms with Gasteiger partial charge < -0.3 is 14.2 Å². The second-order valence-electron chi connectivity index (χ2n) is 5.41. The molecule has 3 unspecified atom stereocenters. The summed E-state index contributed by atoms with van der Waals surface area (Å²) in [5.41, 5.74) is 1.05. The van der Waals surface area contributed by atoms with E-state index < -0.39 is 0 Å². The maximum Gasteiger partial charge on any atom is 0.162 e. The molecule has 0 bridgehead atoms. The summed E-state index contributed by atoms with van der Waals surface area (Å²) in [6.45, 7) is 4.23. The van der Waals surface area contributed by atoms with Gasteiger partial charge in [0, 0.05) is 28.3 Å². The first-order valence-corrected chi connectivity index (χ1v) is 8.29. The summed E-state index contributed by atoms with van der Waals surface area (Å²) in [5, 5.41) is 0.718. The minimum atomic E-state index is 0.178. The van der Waals surface area contributed by atoms with Crippen LogP contribution in [0.5, 0.6) is 11.5 Å². The van der Waals surface area contributed by atoms with E-state index >= 15 is 0 Å². The Hall–Kier alpha value is -0.450. The Morgan fingerprint density at radius 3 is 2.60 bits per heavy atom. The summed E-state index contributed by atoms with van der Waals surface area (Å²) in [5.74, 6) is 1.97. The summed E-state index contributed by atoms with van der Waals surface area (Å²) in [4.78, 5) is 0.178. The molecule has 1 fully saturated rings. The molecule has 2 aliphatic rings. The Kier molecular flexibility index (Phi) is 4.43. The van der Waals surface area contributed by atoms with Crippen molar-refractivity contribution in [1.82, 2.24) is 0 Å². The van der Waals surface area contributed by atoms with E-state index in [1.54, 1.807) is 0 Å². The standard InChI is InChI=1S/C15H18BrClO3/c1-9-5-10(8-20-9)15(16)11-6-13-14(7-12(11)17)19-4-2-3-18-13/h6-7,9-10,15H,2-5,8H2,1H3. The largest absolute Gasteiger partial charge is 0.490 e. The van der Waals surface area contributed by atoms with Gasteiger partial charge >= 0.3 is 0 Å². The Bertz CT molecular complexity index is 494. The summed E-state index contributed by atoms with van der Waals surface area (Å²) in [6.07, 6.45) is 2.26. The molecule has 20 heavy (non-hydrogen) atoms. The number of benzene rings is 1. The second-order valence-corrected chi connectivity index (χ2v) is 6.81. The van der Waals surface area contributed by atoms with Gasteiger partial charge in [-0.25, -0.2) is 0 Å². The maximum absolute atomic E-state index is 6.42. The number of rotatable bonds is 2. The molecular formula is C15H18BrClO3. The molecule has 1 aromatic rings. The Morgan fingerprint density at radius 1 is 1.25 bits per heavy atom. The van der Waals surface area contributed by atoms with Crippen molar-refractivity contribution in [2.45, 2.75) is 30.7 Å². The molecule has 110 valence electrons. The number of hydrogen-bond donors (Lipinski definition) is 0. The van der Waals surface area contributed by atoms with Crippen molar-refractivity contribution in [3.8, 4) is 11.5 Å². The van der Waals surface area contributed by atoms with Gasteiger partial charge in [-0.05, 0) is 25.0 Å². The van der Waals surface area contributed by atoms with Crippen molar-refractivity contribution in [1.29, 1.82) is 0 Å². The molecule has 5 heteroatoms. The zero-order valence-corrected chi connectivity index (χ0v) is 13.7. The van der Waals surface area contributed by atoms with Crippen LogP contribution in [0.2, 0.25) is 5.02 Å². The van der Waals surface area contributed by atoms with Gasteiger partial charge in [0.2, 0.25) is 0 Å². The maximum atomic E-state index is 6.42. The second kappa shape index (κ2) is 6.12. The lowest BCUT2D eigenvalue weighted by molar-refractivity contribution is 0.120. The number of fused-ring (bicyclic) bond motifs is 1. The molecule has 2 aliphatic heterocycles. The molecule has 3 atom stereocenters. The van der Waals surface area contributed by atoms with Crippen molar-refractivity contribution < 1.29 is 14.2 Å². The van der Waals surface area contributed by atoms with E-state index in [0.717, 1.165) is 41.5 Å². The summed E-state index contributed by atoms with van der Waals surface area (Å²) < 4.78 is 17.1. The molecule has 0 spiro atoms. The van der Waals surface area contributed by atoms with E-state index in [1.165, 1.54) is 0 Å². The summed E-state index contributed by atoms with van der Waals surface area (Å²) in [7, 11) is 0. The molecular weight excluding hydrogens is 344 g/mol. The Balaban J connectivity index is 1.87. The molecule has 3 nitrogen and oxygen atoms in total. The first-order chi connectivity index (χ1) is 9.65. The first kappa shape index (κ1) is 14.5. The van der Waals surface area contributed by atoms with Crippen molar-refractivity contribution in [3.05, 3.63) is 22.7 Å². The molecule has 0 aliphatic carbocycles. The van der Waals surface area contributed by atoms with Crippen molar-refractivity contribution in [2.75, 3.05) is 19.8 Å². The highest BCUT2D eigenvalue weighted by Crippen LogP contribution is 2.44. The van der Waals surface area contributed by atoms with E-state index in [0.29, 0.717) is 25.2 Å². The predicted molar refractivity (Wildman–Crippen MR) is 82.2 cm³/mol. The van der Waals surface area contributed by atoms with Crippen molar-refractivity contribution >= 4 is 27.5 Å². The van der Waals surface area contributed by atoms with Crippen LogP contribution in [0.25, 0.3) is 0 Å². The first-order valence-electron chi connectivity index (χ1n) is 7.00. The highest BCUT2D eigenvalue weighted by atomic mass is 79.9. The number of hydrogen-bond acceptors (Lipinski definition) is 3. The van der Waals surface area contributed by atoms with Crippen molar-refractivity contribution in [3.63, 3.8) is 0 Å². The fourth-order valence-corrected chi connectivity index (χ4v) is 3.87. The van der Waals surface area contributed by atoms with Crippen LogP contribution >= 0.6 is 27.5 Å². The van der Waals surface area contributed by atoms with Crippen LogP contribution in [0.1, 0.15) is 30.2 Å². The van der Waals surface area contributed by atoms with Crippen molar-refractivity contribution in [2.24, 2.45) is 5.92 Å². The SMILES string of the molecule is CC1CC(C(Br)c2cc3c(cc2Cl)OCCCO3)CO1. The van der Waals surface area contributed by atoms with Crippen LogP contribution in [-0.4, -0.2) is 25.9 Å². The molecule has 0 aromatic heterocycles. The Morgan fingerprint density at radius 2 is 1.95 bits per heavy atom. The van der Waals surface area contributed by atoms with Crippen LogP contribution in [0.3, 0.4) is 0 Å².